The molecule has 0 bridgehead atoms. The molecule has 7 heteroatoms. The highest BCUT2D eigenvalue weighted by Gasteiger charge is 2.10. The minimum atomic E-state index is -0.445. The monoisotopic (exact) mass is 440 g/mol. The van der Waals surface area contributed by atoms with Gasteiger partial charge in [0.15, 0.2) is 5.82 Å². The number of ether oxygens (including phenoxy) is 1. The molecule has 0 fully saturated rings. The van der Waals surface area contributed by atoms with Crippen LogP contribution >= 0.6 is 0 Å². The maximum Gasteiger partial charge on any atom is 0.332 e. The van der Waals surface area contributed by atoms with Crippen LogP contribution in [0.25, 0.3) is 11.1 Å². The summed E-state index contributed by atoms with van der Waals surface area (Å²) >= 11 is 0. The van der Waals surface area contributed by atoms with Crippen molar-refractivity contribution >= 4 is 5.82 Å². The summed E-state index contributed by atoms with van der Waals surface area (Å²) in [5, 5.41) is 8.48. The molecule has 0 aliphatic heterocycles. The molecule has 0 radical (unpaired) electrons. The standard InChI is InChI=1S/C26H24N4O3/c1-29-25(31)16-24(30(26(29)32)18-20-10-14-23(33-2)15-11-20)28-27-17-19-8-12-22(13-9-19)21-6-4-3-5-7-21/h3-16H,17-18H2,1-2H3. The second kappa shape index (κ2) is 9.91. The van der Waals surface area contributed by atoms with Crippen molar-refractivity contribution in [1.29, 1.82) is 0 Å². The molecule has 0 saturated carbocycles. The van der Waals surface area contributed by atoms with E-state index in [9.17, 15) is 9.59 Å². The van der Waals surface area contributed by atoms with Crippen LogP contribution in [0.2, 0.25) is 0 Å². The normalized spacial score (nSPS) is 11.1. The summed E-state index contributed by atoms with van der Waals surface area (Å²) in [5.74, 6) is 0.949. The van der Waals surface area contributed by atoms with Crippen molar-refractivity contribution in [3.63, 3.8) is 0 Å². The fraction of sp³-hybridized carbons (Fsp3) is 0.154. The Morgan fingerprint density at radius 2 is 1.45 bits per heavy atom. The van der Waals surface area contributed by atoms with Crippen LogP contribution < -0.4 is 16.0 Å². The van der Waals surface area contributed by atoms with Gasteiger partial charge in [-0.05, 0) is 34.4 Å². The molecule has 0 spiro atoms. The van der Waals surface area contributed by atoms with Crippen molar-refractivity contribution in [3.8, 4) is 16.9 Å². The van der Waals surface area contributed by atoms with Gasteiger partial charge < -0.3 is 4.74 Å². The van der Waals surface area contributed by atoms with Gasteiger partial charge >= 0.3 is 5.69 Å². The van der Waals surface area contributed by atoms with Crippen molar-refractivity contribution in [2.75, 3.05) is 7.11 Å². The zero-order valence-corrected chi connectivity index (χ0v) is 18.5. The first-order valence-electron chi connectivity index (χ1n) is 10.5. The van der Waals surface area contributed by atoms with E-state index in [2.05, 4.69) is 22.4 Å². The highest BCUT2D eigenvalue weighted by atomic mass is 16.5. The lowest BCUT2D eigenvalue weighted by molar-refractivity contribution is 0.414. The maximum absolute atomic E-state index is 12.7. The Balaban J connectivity index is 1.55. The Morgan fingerprint density at radius 1 is 0.818 bits per heavy atom. The number of azo groups is 1. The largest absolute Gasteiger partial charge is 0.497 e. The predicted molar refractivity (Wildman–Crippen MR) is 128 cm³/mol. The topological polar surface area (TPSA) is 77.9 Å². The zero-order valence-electron chi connectivity index (χ0n) is 18.5. The number of hydrogen-bond acceptors (Lipinski definition) is 5. The van der Waals surface area contributed by atoms with E-state index in [0.29, 0.717) is 6.54 Å². The summed E-state index contributed by atoms with van der Waals surface area (Å²) in [5.41, 5.74) is 3.26. The smallest absolute Gasteiger partial charge is 0.332 e. The quantitative estimate of drug-likeness (QED) is 0.396. The minimum absolute atomic E-state index is 0.222. The maximum atomic E-state index is 12.7. The van der Waals surface area contributed by atoms with E-state index < -0.39 is 11.2 Å². The van der Waals surface area contributed by atoms with Gasteiger partial charge in [0.2, 0.25) is 0 Å². The van der Waals surface area contributed by atoms with Gasteiger partial charge in [0.1, 0.15) is 5.75 Å². The van der Waals surface area contributed by atoms with Crippen LogP contribution in [-0.4, -0.2) is 16.2 Å². The van der Waals surface area contributed by atoms with Gasteiger partial charge in [-0.25, -0.2) is 4.79 Å². The number of nitrogens with zero attached hydrogens (tertiary/aromatic N) is 4. The molecule has 0 unspecified atom stereocenters. The number of hydrogen-bond donors (Lipinski definition) is 0. The van der Waals surface area contributed by atoms with Crippen LogP contribution in [0.4, 0.5) is 5.82 Å². The van der Waals surface area contributed by atoms with Crippen LogP contribution in [0.5, 0.6) is 5.75 Å². The number of benzene rings is 3. The van der Waals surface area contributed by atoms with Crippen LogP contribution in [0.15, 0.2) is 105 Å². The van der Waals surface area contributed by atoms with Crippen molar-refractivity contribution in [1.82, 2.24) is 9.13 Å². The van der Waals surface area contributed by atoms with E-state index in [4.69, 9.17) is 4.74 Å². The summed E-state index contributed by atoms with van der Waals surface area (Å²) in [4.78, 5) is 24.9. The molecule has 0 atom stereocenters. The van der Waals surface area contributed by atoms with E-state index in [-0.39, 0.29) is 12.4 Å². The highest BCUT2D eigenvalue weighted by Crippen LogP contribution is 2.20. The van der Waals surface area contributed by atoms with Gasteiger partial charge in [-0.3, -0.25) is 13.9 Å². The number of methoxy groups -OCH3 is 1. The Hall–Kier alpha value is -4.26. The molecule has 4 aromatic rings. The fourth-order valence-corrected chi connectivity index (χ4v) is 3.43. The fourth-order valence-electron chi connectivity index (χ4n) is 3.43. The Bertz CT molecular complexity index is 1370. The lowest BCUT2D eigenvalue weighted by Crippen LogP contribution is -2.37. The number of rotatable bonds is 7. The first-order valence-corrected chi connectivity index (χ1v) is 10.5. The summed E-state index contributed by atoms with van der Waals surface area (Å²) in [6.45, 7) is 0.595. The third kappa shape index (κ3) is 5.15. The Labute approximate surface area is 191 Å². The third-order valence-corrected chi connectivity index (χ3v) is 5.36. The molecular formula is C26H24N4O3. The average molecular weight is 441 g/mol. The van der Waals surface area contributed by atoms with E-state index in [0.717, 1.165) is 32.6 Å². The van der Waals surface area contributed by atoms with Crippen molar-refractivity contribution in [3.05, 3.63) is 117 Å². The first kappa shape index (κ1) is 22.0. The second-order valence-electron chi connectivity index (χ2n) is 7.58. The molecule has 0 aliphatic carbocycles. The van der Waals surface area contributed by atoms with Gasteiger partial charge in [0.25, 0.3) is 5.56 Å². The molecule has 7 nitrogen and oxygen atoms in total. The predicted octanol–water partition coefficient (Wildman–Crippen LogP) is 4.55. The average Bonchev–Trinajstić information content (AvgIpc) is 2.86. The molecule has 33 heavy (non-hydrogen) atoms. The van der Waals surface area contributed by atoms with Gasteiger partial charge in [0.05, 0.1) is 20.2 Å². The van der Waals surface area contributed by atoms with Gasteiger partial charge in [-0.15, -0.1) is 5.11 Å². The number of aromatic nitrogens is 2. The molecule has 1 heterocycles. The molecular weight excluding hydrogens is 416 g/mol. The van der Waals surface area contributed by atoms with E-state index in [1.54, 1.807) is 7.11 Å². The molecule has 0 N–H and O–H groups in total. The SMILES string of the molecule is COc1ccc(Cn2c(N=NCc3ccc(-c4ccccc4)cc3)cc(=O)n(C)c2=O)cc1. The third-order valence-electron chi connectivity index (χ3n) is 5.36. The van der Waals surface area contributed by atoms with Crippen molar-refractivity contribution < 1.29 is 4.74 Å². The molecule has 4 rings (SSSR count). The highest BCUT2D eigenvalue weighted by molar-refractivity contribution is 5.63. The summed E-state index contributed by atoms with van der Waals surface area (Å²) in [7, 11) is 3.05. The molecule has 0 saturated heterocycles. The van der Waals surface area contributed by atoms with Crippen LogP contribution in [0, 0.1) is 0 Å². The first-order chi connectivity index (χ1) is 16.0. The molecule has 0 aliphatic rings. The van der Waals surface area contributed by atoms with Crippen LogP contribution in [-0.2, 0) is 20.1 Å². The van der Waals surface area contributed by atoms with E-state index >= 15 is 0 Å². The molecule has 0 amide bonds. The summed E-state index contributed by atoms with van der Waals surface area (Å²) in [6, 6.07) is 26.9. The van der Waals surface area contributed by atoms with Gasteiger partial charge in [-0.1, -0.05) is 66.7 Å². The van der Waals surface area contributed by atoms with Crippen molar-refractivity contribution in [2.24, 2.45) is 17.3 Å². The molecule has 166 valence electrons. The zero-order chi connectivity index (χ0) is 23.2. The summed E-state index contributed by atoms with van der Waals surface area (Å²) < 4.78 is 7.68. The molecule has 3 aromatic carbocycles. The van der Waals surface area contributed by atoms with Gasteiger partial charge in [-0.2, -0.15) is 5.11 Å². The summed E-state index contributed by atoms with van der Waals surface area (Å²) in [6.07, 6.45) is 0. The minimum Gasteiger partial charge on any atom is -0.497 e. The van der Waals surface area contributed by atoms with Crippen LogP contribution in [0.3, 0.4) is 0 Å². The van der Waals surface area contributed by atoms with Crippen molar-refractivity contribution in [2.45, 2.75) is 13.1 Å². The van der Waals surface area contributed by atoms with E-state index in [1.807, 2.05) is 66.7 Å². The molecule has 1 aromatic heterocycles. The lowest BCUT2D eigenvalue weighted by atomic mass is 10.0. The Kier molecular flexibility index (Phi) is 6.59. The van der Waals surface area contributed by atoms with Crippen LogP contribution in [0.1, 0.15) is 11.1 Å². The second-order valence-corrected chi connectivity index (χ2v) is 7.58. The Morgan fingerprint density at radius 3 is 2.12 bits per heavy atom. The lowest BCUT2D eigenvalue weighted by Gasteiger charge is -2.11. The van der Waals surface area contributed by atoms with E-state index in [1.165, 1.54) is 17.7 Å². The van der Waals surface area contributed by atoms with Gasteiger partial charge in [0, 0.05) is 13.1 Å².